The largest absolute Gasteiger partial charge is 0.383 e. The minimum atomic E-state index is -0.740. The third-order valence-electron chi connectivity index (χ3n) is 1.05. The maximum absolute atomic E-state index is 9.08. The number of aliphatic hydroxyl groups is 1. The molecule has 0 saturated heterocycles. The van der Waals surface area contributed by atoms with E-state index >= 15 is 0 Å². The molecule has 1 rings (SSSR count). The van der Waals surface area contributed by atoms with Crippen molar-refractivity contribution >= 4 is 0 Å². The Labute approximate surface area is 58.2 Å². The molecule has 0 aliphatic carbocycles. The first-order valence-electron chi connectivity index (χ1n) is 2.79. The van der Waals surface area contributed by atoms with Crippen LogP contribution >= 0.6 is 0 Å². The second-order valence-electron chi connectivity index (χ2n) is 1.73. The van der Waals surface area contributed by atoms with Crippen LogP contribution in [-0.4, -0.2) is 20.5 Å². The molecule has 0 bridgehead atoms. The molecule has 1 unspecified atom stereocenters. The first-order valence-corrected chi connectivity index (χ1v) is 2.79. The second-order valence-corrected chi connectivity index (χ2v) is 1.73. The number of aromatic nitrogens is 3. The fourth-order valence-corrected chi connectivity index (χ4v) is 0.529. The van der Waals surface area contributed by atoms with E-state index in [1.165, 1.54) is 12.3 Å². The highest BCUT2D eigenvalue weighted by molar-refractivity contribution is 5.05. The smallest absolute Gasteiger partial charge is 0.116 e. The number of hydrogen-bond donors (Lipinski definition) is 1. The number of aliphatic hydroxyl groups excluding tert-OH is 1. The van der Waals surface area contributed by atoms with Gasteiger partial charge in [-0.2, -0.15) is 0 Å². The van der Waals surface area contributed by atoms with Crippen LogP contribution in [0.5, 0.6) is 0 Å². The highest BCUT2D eigenvalue weighted by Gasteiger charge is 2.01. The monoisotopic (exact) mass is 137 g/mol. The highest BCUT2D eigenvalue weighted by atomic mass is 16.3. The molecule has 0 saturated carbocycles. The summed E-state index contributed by atoms with van der Waals surface area (Å²) in [6.07, 6.45) is 2.11. The Balaban J connectivity index is 2.84. The van der Waals surface area contributed by atoms with Gasteiger partial charge in [-0.3, -0.25) is 0 Å². The minimum Gasteiger partial charge on any atom is -0.383 e. The summed E-state index contributed by atoms with van der Waals surface area (Å²) in [6, 6.07) is 1.58. The van der Waals surface area contributed by atoms with Crippen molar-refractivity contribution in [2.75, 3.05) is 0 Å². The molecule has 0 aliphatic heterocycles. The van der Waals surface area contributed by atoms with Gasteiger partial charge in [0.2, 0.25) is 0 Å². The maximum Gasteiger partial charge on any atom is 0.116 e. The van der Waals surface area contributed by atoms with Crippen LogP contribution in [-0.2, 0) is 0 Å². The van der Waals surface area contributed by atoms with Crippen LogP contribution in [0.15, 0.2) is 24.9 Å². The highest BCUT2D eigenvalue weighted by Crippen LogP contribution is 2.06. The van der Waals surface area contributed by atoms with Crippen molar-refractivity contribution < 1.29 is 5.11 Å². The lowest BCUT2D eigenvalue weighted by molar-refractivity contribution is 0.222. The second kappa shape index (κ2) is 3.03. The summed E-state index contributed by atoms with van der Waals surface area (Å²) < 4.78 is 0. The van der Waals surface area contributed by atoms with Crippen LogP contribution in [0.25, 0.3) is 0 Å². The molecule has 1 N–H and O–H groups in total. The first kappa shape index (κ1) is 6.82. The Kier molecular flexibility index (Phi) is 2.07. The average Bonchev–Trinajstić information content (AvgIpc) is 2.05. The summed E-state index contributed by atoms with van der Waals surface area (Å²) in [5, 5.41) is 19.4. The normalized spacial score (nSPS) is 12.5. The Morgan fingerprint density at radius 3 is 3.00 bits per heavy atom. The number of hydrogen-bond acceptors (Lipinski definition) is 4. The van der Waals surface area contributed by atoms with Crippen molar-refractivity contribution in [3.63, 3.8) is 0 Å². The zero-order valence-electron chi connectivity index (χ0n) is 5.31. The molecule has 0 radical (unpaired) electrons. The summed E-state index contributed by atoms with van der Waals surface area (Å²) >= 11 is 0. The lowest BCUT2D eigenvalue weighted by atomic mass is 10.2. The summed E-state index contributed by atoms with van der Waals surface area (Å²) in [4.78, 5) is 0. The number of rotatable bonds is 2. The predicted octanol–water partition coefficient (Wildman–Crippen LogP) is 0.0910. The molecule has 0 fully saturated rings. The van der Waals surface area contributed by atoms with Crippen molar-refractivity contribution in [3.05, 3.63) is 30.6 Å². The molecule has 4 heteroatoms. The van der Waals surface area contributed by atoms with E-state index < -0.39 is 6.10 Å². The van der Waals surface area contributed by atoms with Crippen molar-refractivity contribution in [2.24, 2.45) is 0 Å². The van der Waals surface area contributed by atoms with E-state index in [2.05, 4.69) is 22.0 Å². The minimum absolute atomic E-state index is 0.463. The fourth-order valence-electron chi connectivity index (χ4n) is 0.529. The van der Waals surface area contributed by atoms with Crippen LogP contribution in [0.1, 0.15) is 11.8 Å². The van der Waals surface area contributed by atoms with Gasteiger partial charge < -0.3 is 5.11 Å². The van der Waals surface area contributed by atoms with E-state index in [0.29, 0.717) is 5.69 Å². The molecule has 0 spiro atoms. The van der Waals surface area contributed by atoms with Crippen LogP contribution in [0.4, 0.5) is 0 Å². The van der Waals surface area contributed by atoms with Crippen LogP contribution < -0.4 is 0 Å². The molecular formula is C6H7N3O. The summed E-state index contributed by atoms with van der Waals surface area (Å²) in [6.45, 7) is 3.40. The molecule has 1 aromatic rings. The van der Waals surface area contributed by atoms with Gasteiger partial charge in [0.25, 0.3) is 0 Å². The summed E-state index contributed by atoms with van der Waals surface area (Å²) in [5.74, 6) is 0. The molecule has 1 heterocycles. The fraction of sp³-hybridized carbons (Fsp3) is 0.167. The average molecular weight is 137 g/mol. The Bertz CT molecular complexity index is 211. The summed E-state index contributed by atoms with van der Waals surface area (Å²) in [7, 11) is 0. The Hall–Kier alpha value is -1.29. The van der Waals surface area contributed by atoms with Gasteiger partial charge in [-0.25, -0.2) is 0 Å². The Morgan fingerprint density at radius 1 is 1.70 bits per heavy atom. The molecule has 1 aromatic heterocycles. The van der Waals surface area contributed by atoms with E-state index in [1.54, 1.807) is 6.07 Å². The number of nitrogens with zero attached hydrogens (tertiary/aromatic N) is 3. The molecular weight excluding hydrogens is 130 g/mol. The van der Waals surface area contributed by atoms with E-state index in [0.717, 1.165) is 0 Å². The SMILES string of the molecule is C=CC(O)c1ccnnn1. The van der Waals surface area contributed by atoms with Crippen molar-refractivity contribution in [1.29, 1.82) is 0 Å². The lowest BCUT2D eigenvalue weighted by Gasteiger charge is -1.99. The third kappa shape index (κ3) is 1.35. The molecule has 10 heavy (non-hydrogen) atoms. The summed E-state index contributed by atoms with van der Waals surface area (Å²) in [5.41, 5.74) is 0.463. The van der Waals surface area contributed by atoms with Crippen LogP contribution in [0.2, 0.25) is 0 Å². The standard InChI is InChI=1S/C6H7N3O/c1-2-6(10)5-3-4-7-9-8-5/h2-4,6,10H,1H2. The van der Waals surface area contributed by atoms with Gasteiger partial charge in [-0.15, -0.1) is 16.8 Å². The maximum atomic E-state index is 9.08. The molecule has 0 aliphatic rings. The zero-order valence-corrected chi connectivity index (χ0v) is 5.31. The van der Waals surface area contributed by atoms with E-state index in [-0.39, 0.29) is 0 Å². The van der Waals surface area contributed by atoms with Gasteiger partial charge >= 0.3 is 0 Å². The van der Waals surface area contributed by atoms with E-state index in [9.17, 15) is 0 Å². The van der Waals surface area contributed by atoms with Gasteiger partial charge in [-0.05, 0) is 11.3 Å². The van der Waals surface area contributed by atoms with Crippen molar-refractivity contribution in [3.8, 4) is 0 Å². The predicted molar refractivity (Wildman–Crippen MR) is 35.0 cm³/mol. The molecule has 1 atom stereocenters. The quantitative estimate of drug-likeness (QED) is 0.587. The molecule has 0 aromatic carbocycles. The zero-order chi connectivity index (χ0) is 7.40. The first-order chi connectivity index (χ1) is 4.84. The van der Waals surface area contributed by atoms with Crippen LogP contribution in [0.3, 0.4) is 0 Å². The van der Waals surface area contributed by atoms with Gasteiger partial charge in [0.05, 0.1) is 11.9 Å². The lowest BCUT2D eigenvalue weighted by Crippen LogP contribution is -1.98. The molecule has 52 valence electrons. The Morgan fingerprint density at radius 2 is 2.50 bits per heavy atom. The topological polar surface area (TPSA) is 58.9 Å². The molecule has 0 amide bonds. The van der Waals surface area contributed by atoms with E-state index in [4.69, 9.17) is 5.11 Å². The van der Waals surface area contributed by atoms with Crippen molar-refractivity contribution in [1.82, 2.24) is 15.4 Å². The van der Waals surface area contributed by atoms with Crippen LogP contribution in [0, 0.1) is 0 Å². The third-order valence-corrected chi connectivity index (χ3v) is 1.05. The van der Waals surface area contributed by atoms with Gasteiger partial charge in [0, 0.05) is 0 Å². The van der Waals surface area contributed by atoms with Gasteiger partial charge in [0.15, 0.2) is 0 Å². The van der Waals surface area contributed by atoms with Crippen molar-refractivity contribution in [2.45, 2.75) is 6.10 Å². The van der Waals surface area contributed by atoms with E-state index in [1.807, 2.05) is 0 Å². The van der Waals surface area contributed by atoms with Gasteiger partial charge in [0.1, 0.15) is 6.10 Å². The van der Waals surface area contributed by atoms with Gasteiger partial charge in [-0.1, -0.05) is 6.08 Å². The molecule has 4 nitrogen and oxygen atoms in total.